The number of rotatable bonds is 6. The van der Waals surface area contributed by atoms with E-state index in [1.54, 1.807) is 0 Å². The summed E-state index contributed by atoms with van der Waals surface area (Å²) >= 11 is 0. The van der Waals surface area contributed by atoms with Crippen LogP contribution in [0.15, 0.2) is 0 Å². The maximum atomic E-state index is 5.91. The lowest BCUT2D eigenvalue weighted by Crippen LogP contribution is -2.64. The molecule has 0 amide bonds. The molecule has 2 saturated heterocycles. The maximum absolute atomic E-state index is 5.91. The molecule has 3 nitrogen and oxygen atoms in total. The summed E-state index contributed by atoms with van der Waals surface area (Å²) in [4.78, 5) is 5.17. The fourth-order valence-electron chi connectivity index (χ4n) is 5.38. The molecule has 1 unspecified atom stereocenters. The molecule has 4 rings (SSSR count). The molecule has 3 heteroatoms. The molecule has 0 aromatic rings. The molecule has 28 heavy (non-hydrogen) atoms. The SMILES string of the molecule is CC.CC(C)C1CCOC2(C1)CN(C)C2.CCCCN(C1CC1)C1(C)CCC1. The highest BCUT2D eigenvalue weighted by atomic mass is 16.5. The highest BCUT2D eigenvalue weighted by molar-refractivity contribution is 5.00. The van der Waals surface area contributed by atoms with Crippen LogP contribution in [0.4, 0.5) is 0 Å². The lowest BCUT2D eigenvalue weighted by molar-refractivity contribution is -0.176. The van der Waals surface area contributed by atoms with Gasteiger partial charge in [0.15, 0.2) is 0 Å². The molecule has 166 valence electrons. The highest BCUT2D eigenvalue weighted by Gasteiger charge is 2.46. The molecule has 4 aliphatic rings. The minimum absolute atomic E-state index is 0.252. The Balaban J connectivity index is 0.000000184. The Labute approximate surface area is 176 Å². The van der Waals surface area contributed by atoms with Crippen LogP contribution in [0.5, 0.6) is 0 Å². The average Bonchev–Trinajstić information content (AvgIpc) is 3.47. The van der Waals surface area contributed by atoms with Crippen molar-refractivity contribution in [3.05, 3.63) is 0 Å². The average molecular weight is 395 g/mol. The van der Waals surface area contributed by atoms with Gasteiger partial charge < -0.3 is 9.64 Å². The Bertz CT molecular complexity index is 430. The molecule has 2 aliphatic carbocycles. The second-order valence-electron chi connectivity index (χ2n) is 10.3. The van der Waals surface area contributed by atoms with Crippen LogP contribution in [0.2, 0.25) is 0 Å². The third kappa shape index (κ3) is 6.19. The van der Waals surface area contributed by atoms with Crippen molar-refractivity contribution in [1.29, 1.82) is 0 Å². The molecular formula is C25H50N2O. The van der Waals surface area contributed by atoms with E-state index in [4.69, 9.17) is 4.74 Å². The number of hydrogen-bond acceptors (Lipinski definition) is 3. The van der Waals surface area contributed by atoms with Gasteiger partial charge in [-0.15, -0.1) is 0 Å². The molecule has 1 atom stereocenters. The smallest absolute Gasteiger partial charge is 0.0937 e. The van der Waals surface area contributed by atoms with Gasteiger partial charge in [0, 0.05) is 31.3 Å². The topological polar surface area (TPSA) is 15.7 Å². The van der Waals surface area contributed by atoms with Crippen LogP contribution in [0.1, 0.15) is 99.3 Å². The van der Waals surface area contributed by atoms with Gasteiger partial charge in [0.2, 0.25) is 0 Å². The van der Waals surface area contributed by atoms with Crippen LogP contribution < -0.4 is 0 Å². The molecule has 0 aromatic carbocycles. The van der Waals surface area contributed by atoms with E-state index < -0.39 is 0 Å². The van der Waals surface area contributed by atoms with Crippen molar-refractivity contribution < 1.29 is 4.74 Å². The molecule has 1 spiro atoms. The summed E-state index contributed by atoms with van der Waals surface area (Å²) in [7, 11) is 2.17. The van der Waals surface area contributed by atoms with E-state index in [9.17, 15) is 0 Å². The Morgan fingerprint density at radius 3 is 2.18 bits per heavy atom. The first kappa shape index (κ1) is 24.2. The van der Waals surface area contributed by atoms with Crippen LogP contribution in [-0.4, -0.2) is 60.3 Å². The fourth-order valence-corrected chi connectivity index (χ4v) is 5.38. The standard InChI is InChI=1S/C12H23N.C11H21NO.C2H6/c1-3-4-10-13(11-6-7-11)12(2)8-5-9-12;1-9(2)10-4-5-13-11(6-10)7-12(3)8-11;1-2/h11H,3-10H2,1-2H3;9-10H,4-8H2,1-3H3;1-2H3. The van der Waals surface area contributed by atoms with Crippen molar-refractivity contribution in [2.24, 2.45) is 11.8 Å². The second-order valence-corrected chi connectivity index (χ2v) is 10.3. The summed E-state index contributed by atoms with van der Waals surface area (Å²) < 4.78 is 5.91. The first-order chi connectivity index (χ1) is 13.4. The molecule has 2 aliphatic heterocycles. The Hall–Kier alpha value is -0.120. The largest absolute Gasteiger partial charge is 0.372 e. The lowest BCUT2D eigenvalue weighted by atomic mass is 9.76. The first-order valence-electron chi connectivity index (χ1n) is 12.5. The van der Waals surface area contributed by atoms with Crippen molar-refractivity contribution in [2.75, 3.05) is 33.3 Å². The number of nitrogens with zero attached hydrogens (tertiary/aromatic N) is 2. The van der Waals surface area contributed by atoms with E-state index in [-0.39, 0.29) is 5.60 Å². The quantitative estimate of drug-likeness (QED) is 0.552. The van der Waals surface area contributed by atoms with E-state index in [1.165, 1.54) is 64.3 Å². The minimum Gasteiger partial charge on any atom is -0.372 e. The van der Waals surface area contributed by atoms with E-state index in [0.717, 1.165) is 37.6 Å². The van der Waals surface area contributed by atoms with E-state index >= 15 is 0 Å². The fraction of sp³-hybridized carbons (Fsp3) is 1.00. The molecule has 0 bridgehead atoms. The van der Waals surface area contributed by atoms with E-state index in [1.807, 2.05) is 13.8 Å². The van der Waals surface area contributed by atoms with Crippen molar-refractivity contribution in [3.8, 4) is 0 Å². The van der Waals surface area contributed by atoms with Crippen molar-refractivity contribution >= 4 is 0 Å². The summed E-state index contributed by atoms with van der Waals surface area (Å²) in [6.45, 7) is 18.1. The predicted molar refractivity (Wildman–Crippen MR) is 122 cm³/mol. The van der Waals surface area contributed by atoms with Gasteiger partial charge in [-0.1, -0.05) is 41.0 Å². The third-order valence-electron chi connectivity index (χ3n) is 7.45. The van der Waals surface area contributed by atoms with Gasteiger partial charge >= 0.3 is 0 Å². The van der Waals surface area contributed by atoms with Crippen molar-refractivity contribution in [1.82, 2.24) is 9.80 Å². The highest BCUT2D eigenvalue weighted by Crippen LogP contribution is 2.43. The molecule has 0 aromatic heterocycles. The lowest BCUT2D eigenvalue weighted by Gasteiger charge is -2.52. The molecule has 4 fully saturated rings. The first-order valence-corrected chi connectivity index (χ1v) is 12.5. The molecule has 0 N–H and O–H groups in total. The Kier molecular flexibility index (Phi) is 9.29. The van der Waals surface area contributed by atoms with Gasteiger partial charge in [-0.25, -0.2) is 0 Å². The van der Waals surface area contributed by atoms with Crippen LogP contribution in [0.25, 0.3) is 0 Å². The number of unbranched alkanes of at least 4 members (excludes halogenated alkanes) is 1. The van der Waals surface area contributed by atoms with Gasteiger partial charge in [-0.3, -0.25) is 4.90 Å². The zero-order chi connectivity index (χ0) is 20.8. The van der Waals surface area contributed by atoms with Crippen LogP contribution in [-0.2, 0) is 4.74 Å². The summed E-state index contributed by atoms with van der Waals surface area (Å²) in [5, 5.41) is 0. The zero-order valence-electron chi connectivity index (χ0n) is 20.2. The van der Waals surface area contributed by atoms with Gasteiger partial charge in [0.1, 0.15) is 0 Å². The maximum Gasteiger partial charge on any atom is 0.0937 e. The van der Waals surface area contributed by atoms with Crippen LogP contribution in [0, 0.1) is 11.8 Å². The summed E-state index contributed by atoms with van der Waals surface area (Å²) in [5.41, 5.74) is 0.859. The second kappa shape index (κ2) is 10.8. The van der Waals surface area contributed by atoms with Gasteiger partial charge in [0.25, 0.3) is 0 Å². The molecular weight excluding hydrogens is 344 g/mol. The van der Waals surface area contributed by atoms with Crippen LogP contribution in [0.3, 0.4) is 0 Å². The Morgan fingerprint density at radius 2 is 1.75 bits per heavy atom. The van der Waals surface area contributed by atoms with Crippen molar-refractivity contribution in [2.45, 2.75) is 117 Å². The Morgan fingerprint density at radius 1 is 1.11 bits per heavy atom. The predicted octanol–water partition coefficient (Wildman–Crippen LogP) is 5.97. The van der Waals surface area contributed by atoms with Crippen LogP contribution >= 0.6 is 0 Å². The van der Waals surface area contributed by atoms with Gasteiger partial charge in [-0.05, 0) is 83.7 Å². The monoisotopic (exact) mass is 394 g/mol. The normalized spacial score (nSPS) is 28.0. The minimum atomic E-state index is 0.252. The molecule has 0 radical (unpaired) electrons. The number of likely N-dealkylation sites (N-methyl/N-ethyl adjacent to an activating group) is 1. The van der Waals surface area contributed by atoms with Crippen molar-refractivity contribution in [3.63, 3.8) is 0 Å². The number of hydrogen-bond donors (Lipinski definition) is 0. The number of ether oxygens (including phenoxy) is 1. The van der Waals surface area contributed by atoms with Gasteiger partial charge in [0.05, 0.1) is 5.60 Å². The van der Waals surface area contributed by atoms with Gasteiger partial charge in [-0.2, -0.15) is 0 Å². The van der Waals surface area contributed by atoms with E-state index in [0.29, 0.717) is 5.54 Å². The summed E-state index contributed by atoms with van der Waals surface area (Å²) in [6, 6.07) is 0.969. The summed E-state index contributed by atoms with van der Waals surface area (Å²) in [6.07, 6.45) is 12.6. The van der Waals surface area contributed by atoms with E-state index in [2.05, 4.69) is 44.5 Å². The third-order valence-corrected chi connectivity index (χ3v) is 7.45. The summed E-state index contributed by atoms with van der Waals surface area (Å²) in [5.74, 6) is 1.72. The zero-order valence-corrected chi connectivity index (χ0v) is 20.2. The number of likely N-dealkylation sites (tertiary alicyclic amines) is 1. The molecule has 2 saturated carbocycles. The molecule has 2 heterocycles.